The summed E-state index contributed by atoms with van der Waals surface area (Å²) < 4.78 is 13.6. The van der Waals surface area contributed by atoms with Crippen LogP contribution in [0.4, 0.5) is 10.2 Å². The molecule has 5 heteroatoms. The number of hydrogen-bond acceptors (Lipinski definition) is 3. The largest absolute Gasteiger partial charge is 0.363 e. The normalized spacial score (nSPS) is 11.4. The Hall–Kier alpha value is -1.68. The molecule has 0 fully saturated rings. The number of benzene rings is 1. The van der Waals surface area contributed by atoms with E-state index < -0.39 is 5.82 Å². The summed E-state index contributed by atoms with van der Waals surface area (Å²) in [4.78, 5) is 7.48. The van der Waals surface area contributed by atoms with Crippen molar-refractivity contribution in [3.8, 4) is 0 Å². The molecule has 0 aliphatic carbocycles. The molecule has 0 aliphatic heterocycles. The van der Waals surface area contributed by atoms with E-state index in [2.05, 4.69) is 27.4 Å². The molecule has 0 amide bonds. The van der Waals surface area contributed by atoms with E-state index in [1.54, 1.807) is 0 Å². The van der Waals surface area contributed by atoms with E-state index in [1.807, 2.05) is 32.0 Å². The van der Waals surface area contributed by atoms with E-state index in [4.69, 9.17) is 11.6 Å². The first-order chi connectivity index (χ1) is 9.46. The van der Waals surface area contributed by atoms with Gasteiger partial charge in [-0.2, -0.15) is 4.98 Å². The molecule has 0 aliphatic rings. The Kier molecular flexibility index (Phi) is 4.55. The predicted molar refractivity (Wildman–Crippen MR) is 79.5 cm³/mol. The van der Waals surface area contributed by atoms with Crippen molar-refractivity contribution in [2.24, 2.45) is 0 Å². The number of hydrogen-bond donors (Lipinski definition) is 1. The zero-order valence-corrected chi connectivity index (χ0v) is 12.3. The Morgan fingerprint density at radius 2 is 1.95 bits per heavy atom. The molecule has 0 saturated carbocycles. The van der Waals surface area contributed by atoms with Crippen molar-refractivity contribution >= 4 is 17.4 Å². The molecule has 0 saturated heterocycles. The second kappa shape index (κ2) is 6.18. The van der Waals surface area contributed by atoms with Crippen LogP contribution in [0, 0.1) is 5.82 Å². The summed E-state index contributed by atoms with van der Waals surface area (Å²) in [5.74, 6) is -0.356. The molecule has 1 heterocycles. The van der Waals surface area contributed by atoms with Crippen LogP contribution in [0.3, 0.4) is 0 Å². The minimum absolute atomic E-state index is 0.0350. The fourth-order valence-electron chi connectivity index (χ4n) is 1.92. The monoisotopic (exact) mass is 293 g/mol. The van der Waals surface area contributed by atoms with Gasteiger partial charge in [0.05, 0.1) is 6.20 Å². The van der Waals surface area contributed by atoms with Crippen molar-refractivity contribution < 1.29 is 4.39 Å². The summed E-state index contributed by atoms with van der Waals surface area (Å²) in [6.45, 7) is 4.01. The summed E-state index contributed by atoms with van der Waals surface area (Å²) in [7, 11) is 0. The van der Waals surface area contributed by atoms with E-state index in [0.717, 1.165) is 19.0 Å². The lowest BCUT2D eigenvalue weighted by Gasteiger charge is -2.27. The molecular formula is C15H17ClFN3. The van der Waals surface area contributed by atoms with Crippen LogP contribution in [0.1, 0.15) is 25.8 Å². The van der Waals surface area contributed by atoms with Crippen molar-refractivity contribution in [1.29, 1.82) is 0 Å². The van der Waals surface area contributed by atoms with Crippen LogP contribution in [-0.2, 0) is 6.42 Å². The van der Waals surface area contributed by atoms with Gasteiger partial charge in [0.1, 0.15) is 0 Å². The lowest BCUT2D eigenvalue weighted by Crippen LogP contribution is -2.32. The summed E-state index contributed by atoms with van der Waals surface area (Å²) in [5.41, 5.74) is 0.956. The van der Waals surface area contributed by atoms with Crippen LogP contribution in [0.25, 0.3) is 0 Å². The quantitative estimate of drug-likeness (QED) is 0.844. The average molecular weight is 294 g/mol. The summed E-state index contributed by atoms with van der Waals surface area (Å²) in [5, 5.41) is 3.12. The van der Waals surface area contributed by atoms with E-state index in [1.165, 1.54) is 5.56 Å². The molecule has 0 radical (unpaired) electrons. The fourth-order valence-corrected chi connectivity index (χ4v) is 2.05. The van der Waals surface area contributed by atoms with Crippen LogP contribution < -0.4 is 5.32 Å². The van der Waals surface area contributed by atoms with Crippen molar-refractivity contribution in [2.75, 3.05) is 5.32 Å². The SMILES string of the molecule is CC(C)(CCc1ccccc1)Nc1nc(Cl)ncc1F. The molecular weight excluding hydrogens is 277 g/mol. The number of aromatic nitrogens is 2. The van der Waals surface area contributed by atoms with Gasteiger partial charge in [-0.3, -0.25) is 0 Å². The Morgan fingerprint density at radius 3 is 2.65 bits per heavy atom. The number of rotatable bonds is 5. The Morgan fingerprint density at radius 1 is 1.25 bits per heavy atom. The maximum Gasteiger partial charge on any atom is 0.224 e. The third-order valence-electron chi connectivity index (χ3n) is 3.05. The number of nitrogens with one attached hydrogen (secondary N) is 1. The van der Waals surface area contributed by atoms with Gasteiger partial charge in [-0.05, 0) is 43.9 Å². The predicted octanol–water partition coefficient (Wildman–Crippen LogP) is 4.09. The van der Waals surface area contributed by atoms with Crippen LogP contribution in [0.15, 0.2) is 36.5 Å². The smallest absolute Gasteiger partial charge is 0.224 e. The fraction of sp³-hybridized carbons (Fsp3) is 0.333. The molecule has 1 aromatic carbocycles. The summed E-state index contributed by atoms with van der Waals surface area (Å²) in [6, 6.07) is 10.2. The third kappa shape index (κ3) is 4.17. The molecule has 20 heavy (non-hydrogen) atoms. The van der Waals surface area contributed by atoms with Crippen LogP contribution in [0.2, 0.25) is 5.28 Å². The van der Waals surface area contributed by atoms with Crippen molar-refractivity contribution in [1.82, 2.24) is 9.97 Å². The molecule has 0 bridgehead atoms. The van der Waals surface area contributed by atoms with Crippen molar-refractivity contribution in [2.45, 2.75) is 32.2 Å². The first-order valence-corrected chi connectivity index (χ1v) is 6.84. The maximum atomic E-state index is 13.6. The molecule has 2 aromatic rings. The minimum atomic E-state index is -0.498. The lowest BCUT2D eigenvalue weighted by molar-refractivity contribution is 0.507. The number of nitrogens with zero attached hydrogens (tertiary/aromatic N) is 2. The van der Waals surface area contributed by atoms with Crippen LogP contribution >= 0.6 is 11.6 Å². The highest BCUT2D eigenvalue weighted by atomic mass is 35.5. The molecule has 0 atom stereocenters. The Bertz CT molecular complexity index is 573. The number of anilines is 1. The molecule has 1 aromatic heterocycles. The topological polar surface area (TPSA) is 37.8 Å². The second-order valence-electron chi connectivity index (χ2n) is 5.33. The first kappa shape index (κ1) is 14.7. The molecule has 106 valence electrons. The molecule has 3 nitrogen and oxygen atoms in total. The lowest BCUT2D eigenvalue weighted by atomic mass is 9.95. The Balaban J connectivity index is 2.01. The number of halogens is 2. The standard InChI is InChI=1S/C15H17ClFN3/c1-15(2,9-8-11-6-4-3-5-7-11)20-13-12(17)10-18-14(16)19-13/h3-7,10H,8-9H2,1-2H3,(H,18,19,20). The highest BCUT2D eigenvalue weighted by Gasteiger charge is 2.20. The van der Waals surface area contributed by atoms with Gasteiger partial charge in [-0.1, -0.05) is 30.3 Å². The van der Waals surface area contributed by atoms with Gasteiger partial charge in [-0.15, -0.1) is 0 Å². The third-order valence-corrected chi connectivity index (χ3v) is 3.24. The van der Waals surface area contributed by atoms with Gasteiger partial charge < -0.3 is 5.32 Å². The zero-order valence-electron chi connectivity index (χ0n) is 11.5. The van der Waals surface area contributed by atoms with Gasteiger partial charge in [0.15, 0.2) is 11.6 Å². The summed E-state index contributed by atoms with van der Waals surface area (Å²) in [6.07, 6.45) is 2.82. The zero-order chi connectivity index (χ0) is 14.6. The van der Waals surface area contributed by atoms with Gasteiger partial charge in [0.25, 0.3) is 0 Å². The van der Waals surface area contributed by atoms with Crippen LogP contribution in [0.5, 0.6) is 0 Å². The van der Waals surface area contributed by atoms with Crippen molar-refractivity contribution in [3.05, 3.63) is 53.2 Å². The van der Waals surface area contributed by atoms with Gasteiger partial charge in [0.2, 0.25) is 5.28 Å². The van der Waals surface area contributed by atoms with E-state index in [9.17, 15) is 4.39 Å². The van der Waals surface area contributed by atoms with Crippen molar-refractivity contribution in [3.63, 3.8) is 0 Å². The van der Waals surface area contributed by atoms with E-state index in [-0.39, 0.29) is 16.6 Å². The molecule has 0 unspecified atom stereocenters. The molecule has 2 rings (SSSR count). The van der Waals surface area contributed by atoms with Gasteiger partial charge in [0, 0.05) is 5.54 Å². The highest BCUT2D eigenvalue weighted by molar-refractivity contribution is 6.28. The molecule has 0 spiro atoms. The average Bonchev–Trinajstić information content (AvgIpc) is 2.42. The second-order valence-corrected chi connectivity index (χ2v) is 5.67. The first-order valence-electron chi connectivity index (χ1n) is 6.46. The minimum Gasteiger partial charge on any atom is -0.363 e. The van der Waals surface area contributed by atoms with Gasteiger partial charge >= 0.3 is 0 Å². The van der Waals surface area contributed by atoms with Crippen LogP contribution in [-0.4, -0.2) is 15.5 Å². The van der Waals surface area contributed by atoms with Gasteiger partial charge in [-0.25, -0.2) is 9.37 Å². The van der Waals surface area contributed by atoms with E-state index >= 15 is 0 Å². The van der Waals surface area contributed by atoms with E-state index in [0.29, 0.717) is 0 Å². The highest BCUT2D eigenvalue weighted by Crippen LogP contribution is 2.21. The summed E-state index contributed by atoms with van der Waals surface area (Å²) >= 11 is 5.69. The maximum absolute atomic E-state index is 13.6. The number of aryl methyl sites for hydroxylation is 1. The Labute approximate surface area is 123 Å². The molecule has 1 N–H and O–H groups in total.